The molecular weight excluding hydrogens is 413 g/mol. The Morgan fingerprint density at radius 2 is 1.70 bits per heavy atom. The molecule has 0 amide bonds. The van der Waals surface area contributed by atoms with Crippen molar-refractivity contribution in [2.24, 2.45) is 7.05 Å². The third-order valence-corrected chi connectivity index (χ3v) is 5.19. The van der Waals surface area contributed by atoms with Gasteiger partial charge in [-0.25, -0.2) is 9.97 Å². The smallest absolute Gasteiger partial charge is 0.305 e. The standard InChI is InChI=1S/C20H15F3N6S/c1-12-4-3-5-14(10-12)18-27-28-19(29(18)2)30-16-11-15(20(21,22)23)25-17(26-16)13-6-8-24-9-7-13/h3-11H,1-2H3. The normalized spacial score (nSPS) is 11.6. The van der Waals surface area contributed by atoms with Gasteiger partial charge < -0.3 is 4.57 Å². The van der Waals surface area contributed by atoms with E-state index in [4.69, 9.17) is 0 Å². The van der Waals surface area contributed by atoms with Crippen molar-refractivity contribution in [3.63, 3.8) is 0 Å². The molecule has 0 atom stereocenters. The van der Waals surface area contributed by atoms with Crippen molar-refractivity contribution in [3.05, 3.63) is 66.1 Å². The third-order valence-electron chi connectivity index (χ3n) is 4.24. The van der Waals surface area contributed by atoms with Crippen LogP contribution in [0, 0.1) is 6.92 Å². The first-order chi connectivity index (χ1) is 14.3. The molecule has 0 unspecified atom stereocenters. The molecule has 3 heterocycles. The summed E-state index contributed by atoms with van der Waals surface area (Å²) in [6.45, 7) is 1.97. The van der Waals surface area contributed by atoms with Gasteiger partial charge >= 0.3 is 6.18 Å². The van der Waals surface area contributed by atoms with Crippen molar-refractivity contribution in [3.8, 4) is 22.8 Å². The molecule has 0 aliphatic carbocycles. The number of rotatable bonds is 4. The molecule has 30 heavy (non-hydrogen) atoms. The van der Waals surface area contributed by atoms with Crippen LogP contribution in [0.3, 0.4) is 0 Å². The first-order valence-electron chi connectivity index (χ1n) is 8.82. The van der Waals surface area contributed by atoms with Gasteiger partial charge in [0.15, 0.2) is 16.8 Å². The second-order valence-corrected chi connectivity index (χ2v) is 7.47. The van der Waals surface area contributed by atoms with Crippen LogP contribution in [-0.2, 0) is 13.2 Å². The van der Waals surface area contributed by atoms with Gasteiger partial charge in [-0.2, -0.15) is 13.2 Å². The summed E-state index contributed by atoms with van der Waals surface area (Å²) in [5.74, 6) is 0.580. The van der Waals surface area contributed by atoms with E-state index in [1.165, 1.54) is 12.4 Å². The van der Waals surface area contributed by atoms with Crippen LogP contribution in [0.1, 0.15) is 11.3 Å². The van der Waals surface area contributed by atoms with Gasteiger partial charge in [0.25, 0.3) is 0 Å². The minimum absolute atomic E-state index is 0.0317. The predicted molar refractivity (Wildman–Crippen MR) is 106 cm³/mol. The molecule has 3 aromatic heterocycles. The topological polar surface area (TPSA) is 69.4 Å². The minimum atomic E-state index is -4.60. The minimum Gasteiger partial charge on any atom is -0.305 e. The fraction of sp³-hybridized carbons (Fsp3) is 0.150. The van der Waals surface area contributed by atoms with E-state index in [1.54, 1.807) is 23.7 Å². The van der Waals surface area contributed by atoms with Crippen LogP contribution in [0.4, 0.5) is 13.2 Å². The molecule has 6 nitrogen and oxygen atoms in total. The Balaban J connectivity index is 1.73. The van der Waals surface area contributed by atoms with Crippen LogP contribution in [0.25, 0.3) is 22.8 Å². The molecule has 0 aliphatic rings. The van der Waals surface area contributed by atoms with Gasteiger partial charge in [0.05, 0.1) is 0 Å². The zero-order valence-corrected chi connectivity index (χ0v) is 16.7. The SMILES string of the molecule is Cc1cccc(-c2nnc(Sc3cc(C(F)(F)F)nc(-c4ccncc4)n3)n2C)c1. The van der Waals surface area contributed by atoms with Crippen molar-refractivity contribution < 1.29 is 13.2 Å². The molecular formula is C20H15F3N6S. The van der Waals surface area contributed by atoms with E-state index in [0.29, 0.717) is 16.5 Å². The van der Waals surface area contributed by atoms with Crippen LogP contribution >= 0.6 is 11.8 Å². The average Bonchev–Trinajstić information content (AvgIpc) is 3.08. The second kappa shape index (κ2) is 7.86. The molecule has 152 valence electrons. The van der Waals surface area contributed by atoms with Crippen molar-refractivity contribution >= 4 is 11.8 Å². The van der Waals surface area contributed by atoms with Gasteiger partial charge in [-0.05, 0) is 36.9 Å². The largest absolute Gasteiger partial charge is 0.433 e. The maximum atomic E-state index is 13.4. The van der Waals surface area contributed by atoms with Gasteiger partial charge in [-0.15, -0.1) is 10.2 Å². The molecule has 4 aromatic rings. The molecule has 4 rings (SSSR count). The monoisotopic (exact) mass is 428 g/mol. The quantitative estimate of drug-likeness (QED) is 0.435. The maximum Gasteiger partial charge on any atom is 0.433 e. The molecule has 0 N–H and O–H groups in total. The first-order valence-corrected chi connectivity index (χ1v) is 9.64. The van der Waals surface area contributed by atoms with Crippen molar-refractivity contribution in [2.75, 3.05) is 0 Å². The van der Waals surface area contributed by atoms with Gasteiger partial charge in [-0.3, -0.25) is 4.98 Å². The van der Waals surface area contributed by atoms with E-state index in [1.807, 2.05) is 31.2 Å². The lowest BCUT2D eigenvalue weighted by Gasteiger charge is -2.10. The lowest BCUT2D eigenvalue weighted by Crippen LogP contribution is -2.10. The summed E-state index contributed by atoms with van der Waals surface area (Å²) in [6, 6.07) is 11.8. The fourth-order valence-electron chi connectivity index (χ4n) is 2.79. The number of benzene rings is 1. The Morgan fingerprint density at radius 3 is 2.40 bits per heavy atom. The third kappa shape index (κ3) is 4.18. The first kappa shape index (κ1) is 20.0. The van der Waals surface area contributed by atoms with Gasteiger partial charge in [0.1, 0.15) is 10.7 Å². The van der Waals surface area contributed by atoms with E-state index < -0.39 is 11.9 Å². The Bertz CT molecular complexity index is 1190. The predicted octanol–water partition coefficient (Wildman–Crippen LogP) is 4.81. The number of halogens is 3. The number of aryl methyl sites for hydroxylation is 1. The summed E-state index contributed by atoms with van der Waals surface area (Å²) in [5.41, 5.74) is 1.36. The van der Waals surface area contributed by atoms with Crippen LogP contribution in [0.2, 0.25) is 0 Å². The summed E-state index contributed by atoms with van der Waals surface area (Å²) in [7, 11) is 1.76. The highest BCUT2D eigenvalue weighted by atomic mass is 32.2. The van der Waals surface area contributed by atoms with Gasteiger partial charge in [-0.1, -0.05) is 23.8 Å². The highest BCUT2D eigenvalue weighted by Gasteiger charge is 2.34. The summed E-state index contributed by atoms with van der Waals surface area (Å²) < 4.78 is 41.9. The fourth-order valence-corrected chi connectivity index (χ4v) is 3.58. The van der Waals surface area contributed by atoms with Gasteiger partial charge in [0, 0.05) is 36.6 Å². The molecule has 10 heteroatoms. The molecule has 1 aromatic carbocycles. The molecule has 0 bridgehead atoms. The number of hydrogen-bond acceptors (Lipinski definition) is 6. The Labute approximate surface area is 174 Å². The molecule has 0 saturated heterocycles. The Morgan fingerprint density at radius 1 is 0.933 bits per heavy atom. The molecule has 0 radical (unpaired) electrons. The van der Waals surface area contributed by atoms with E-state index in [9.17, 15) is 13.2 Å². The molecule has 0 fully saturated rings. The summed E-state index contributed by atoms with van der Waals surface area (Å²) in [5, 5.41) is 8.87. The molecule has 0 saturated carbocycles. The van der Waals surface area contributed by atoms with E-state index >= 15 is 0 Å². The number of hydrogen-bond donors (Lipinski definition) is 0. The number of aromatic nitrogens is 6. The van der Waals surface area contributed by atoms with Crippen LogP contribution < -0.4 is 0 Å². The summed E-state index contributed by atoms with van der Waals surface area (Å²) in [4.78, 5) is 11.9. The summed E-state index contributed by atoms with van der Waals surface area (Å²) in [6.07, 6.45) is -1.65. The average molecular weight is 428 g/mol. The second-order valence-electron chi connectivity index (χ2n) is 6.49. The van der Waals surface area contributed by atoms with E-state index in [0.717, 1.165) is 29.0 Å². The number of nitrogens with zero attached hydrogens (tertiary/aromatic N) is 6. The van der Waals surface area contributed by atoms with Crippen molar-refractivity contribution in [1.82, 2.24) is 29.7 Å². The maximum absolute atomic E-state index is 13.4. The van der Waals surface area contributed by atoms with Crippen LogP contribution in [-0.4, -0.2) is 29.7 Å². The summed E-state index contributed by atoms with van der Waals surface area (Å²) >= 11 is 0.996. The lowest BCUT2D eigenvalue weighted by molar-refractivity contribution is -0.141. The van der Waals surface area contributed by atoms with Gasteiger partial charge in [0.2, 0.25) is 0 Å². The van der Waals surface area contributed by atoms with E-state index in [2.05, 4.69) is 25.1 Å². The molecule has 0 aliphatic heterocycles. The highest BCUT2D eigenvalue weighted by molar-refractivity contribution is 7.99. The van der Waals surface area contributed by atoms with Crippen LogP contribution in [0.15, 0.2) is 65.0 Å². The van der Waals surface area contributed by atoms with Crippen molar-refractivity contribution in [1.29, 1.82) is 0 Å². The Hall–Kier alpha value is -3.27. The van der Waals surface area contributed by atoms with E-state index in [-0.39, 0.29) is 10.9 Å². The number of pyridine rings is 1. The lowest BCUT2D eigenvalue weighted by atomic mass is 10.1. The van der Waals surface area contributed by atoms with Crippen LogP contribution in [0.5, 0.6) is 0 Å². The molecule has 0 spiro atoms. The highest BCUT2D eigenvalue weighted by Crippen LogP contribution is 2.34. The zero-order valence-electron chi connectivity index (χ0n) is 15.9. The number of alkyl halides is 3. The Kier molecular flexibility index (Phi) is 5.25. The zero-order chi connectivity index (χ0) is 21.3. The van der Waals surface area contributed by atoms with Crippen molar-refractivity contribution in [2.45, 2.75) is 23.3 Å².